The first-order chi connectivity index (χ1) is 14.5. The van der Waals surface area contributed by atoms with Crippen molar-refractivity contribution in [3.63, 3.8) is 0 Å². The van der Waals surface area contributed by atoms with Gasteiger partial charge in [0, 0.05) is 17.6 Å². The molecule has 1 aliphatic rings. The van der Waals surface area contributed by atoms with Gasteiger partial charge in [0.2, 0.25) is 11.8 Å². The topological polar surface area (TPSA) is 49.4 Å². The number of hydrogen-bond donors (Lipinski definition) is 1. The second-order valence-electron chi connectivity index (χ2n) is 7.90. The van der Waals surface area contributed by atoms with Crippen LogP contribution in [0.4, 0.5) is 4.39 Å². The molecule has 2 amide bonds. The van der Waals surface area contributed by atoms with Gasteiger partial charge in [0.05, 0.1) is 6.42 Å². The zero-order chi connectivity index (χ0) is 21.5. The van der Waals surface area contributed by atoms with Crippen molar-refractivity contribution >= 4 is 23.4 Å². The zero-order valence-electron chi connectivity index (χ0n) is 17.2. The third-order valence-electron chi connectivity index (χ3n) is 5.72. The highest BCUT2D eigenvalue weighted by Gasteiger charge is 2.29. The number of carbonyl (C=O) groups excluding carboxylic acids is 2. The maximum absolute atomic E-state index is 14.1. The molecule has 0 bridgehead atoms. The number of benzene rings is 2. The molecule has 1 N–H and O–H groups in total. The van der Waals surface area contributed by atoms with E-state index in [-0.39, 0.29) is 30.8 Å². The van der Waals surface area contributed by atoms with E-state index in [0.29, 0.717) is 10.6 Å². The van der Waals surface area contributed by atoms with Crippen molar-refractivity contribution in [1.29, 1.82) is 0 Å². The molecule has 0 saturated heterocycles. The van der Waals surface area contributed by atoms with E-state index in [1.807, 2.05) is 18.2 Å². The summed E-state index contributed by atoms with van der Waals surface area (Å²) in [6.45, 7) is 1.90. The zero-order valence-corrected chi connectivity index (χ0v) is 18.0. The van der Waals surface area contributed by atoms with Gasteiger partial charge in [0.25, 0.3) is 0 Å². The van der Waals surface area contributed by atoms with Gasteiger partial charge in [-0.1, -0.05) is 67.3 Å². The lowest BCUT2D eigenvalue weighted by Crippen LogP contribution is -2.50. The number of amides is 2. The summed E-state index contributed by atoms with van der Waals surface area (Å²) < 4.78 is 14.1. The molecule has 2 aromatic rings. The number of hydrogen-bond acceptors (Lipinski definition) is 2. The summed E-state index contributed by atoms with van der Waals surface area (Å²) in [4.78, 5) is 27.6. The Balaban J connectivity index is 1.78. The van der Waals surface area contributed by atoms with E-state index < -0.39 is 11.9 Å². The average molecular weight is 431 g/mol. The van der Waals surface area contributed by atoms with Crippen molar-refractivity contribution in [3.05, 3.63) is 70.5 Å². The lowest BCUT2D eigenvalue weighted by Gasteiger charge is -2.31. The van der Waals surface area contributed by atoms with Crippen LogP contribution in [0.5, 0.6) is 0 Å². The summed E-state index contributed by atoms with van der Waals surface area (Å²) in [7, 11) is 0. The molecular formula is C24H28ClFN2O2. The van der Waals surface area contributed by atoms with Crippen LogP contribution in [0.1, 0.15) is 50.2 Å². The Kier molecular flexibility index (Phi) is 7.86. The predicted molar refractivity (Wildman–Crippen MR) is 117 cm³/mol. The van der Waals surface area contributed by atoms with Gasteiger partial charge >= 0.3 is 0 Å². The molecule has 0 heterocycles. The number of nitrogens with one attached hydrogen (secondary N) is 1. The Hall–Kier alpha value is -2.40. The summed E-state index contributed by atoms with van der Waals surface area (Å²) in [5.74, 6) is -0.926. The number of nitrogens with zero attached hydrogens (tertiary/aromatic N) is 1. The van der Waals surface area contributed by atoms with E-state index in [0.717, 1.165) is 31.2 Å². The molecular weight excluding hydrogens is 403 g/mol. The Morgan fingerprint density at radius 1 is 1.07 bits per heavy atom. The standard InChI is InChI=1S/C24H28ClFN2O2/c1-17(24(30)27-20-11-3-2-4-12-20)28(16-19-10-5-7-13-21(19)25)23(29)15-18-9-6-8-14-22(18)26/h5-10,13-14,17,20H,2-4,11-12,15-16H2,1H3,(H,27,30). The van der Waals surface area contributed by atoms with Crippen LogP contribution in [0.25, 0.3) is 0 Å². The van der Waals surface area contributed by atoms with Gasteiger partial charge in [-0.3, -0.25) is 9.59 Å². The quantitative estimate of drug-likeness (QED) is 0.680. The molecule has 4 nitrogen and oxygen atoms in total. The summed E-state index contributed by atoms with van der Waals surface area (Å²) in [5, 5.41) is 3.62. The van der Waals surface area contributed by atoms with Crippen molar-refractivity contribution in [1.82, 2.24) is 10.2 Å². The highest BCUT2D eigenvalue weighted by Crippen LogP contribution is 2.21. The van der Waals surface area contributed by atoms with Gasteiger partial charge in [0.15, 0.2) is 0 Å². The lowest BCUT2D eigenvalue weighted by atomic mass is 9.95. The average Bonchev–Trinajstić information content (AvgIpc) is 2.75. The van der Waals surface area contributed by atoms with Crippen LogP contribution in [0.3, 0.4) is 0 Å². The molecule has 1 atom stereocenters. The maximum Gasteiger partial charge on any atom is 0.242 e. The van der Waals surface area contributed by atoms with E-state index >= 15 is 0 Å². The Morgan fingerprint density at radius 2 is 1.70 bits per heavy atom. The van der Waals surface area contributed by atoms with Crippen molar-refractivity contribution in [2.75, 3.05) is 0 Å². The van der Waals surface area contributed by atoms with Gasteiger partial charge in [-0.2, -0.15) is 0 Å². The molecule has 1 unspecified atom stereocenters. The minimum Gasteiger partial charge on any atom is -0.352 e. The first kappa shape index (κ1) is 22.3. The fourth-order valence-corrected chi connectivity index (χ4v) is 4.06. The van der Waals surface area contributed by atoms with Crippen molar-refractivity contribution in [2.45, 2.75) is 64.1 Å². The Bertz CT molecular complexity index is 883. The van der Waals surface area contributed by atoms with Crippen molar-refractivity contribution in [2.24, 2.45) is 0 Å². The molecule has 2 aromatic carbocycles. The number of halogens is 2. The molecule has 30 heavy (non-hydrogen) atoms. The summed E-state index contributed by atoms with van der Waals surface area (Å²) in [6.07, 6.45) is 5.22. The predicted octanol–water partition coefficient (Wildman–Crippen LogP) is 4.89. The SMILES string of the molecule is CC(C(=O)NC1CCCCC1)N(Cc1ccccc1Cl)C(=O)Cc1ccccc1F. The van der Waals surface area contributed by atoms with Crippen LogP contribution in [0.2, 0.25) is 5.02 Å². The van der Waals surface area contributed by atoms with Crippen LogP contribution in [-0.4, -0.2) is 28.8 Å². The smallest absolute Gasteiger partial charge is 0.242 e. The van der Waals surface area contributed by atoms with Gasteiger partial charge < -0.3 is 10.2 Å². The van der Waals surface area contributed by atoms with E-state index in [1.165, 1.54) is 17.4 Å². The Morgan fingerprint density at radius 3 is 2.37 bits per heavy atom. The minimum absolute atomic E-state index is 0.113. The maximum atomic E-state index is 14.1. The molecule has 1 fully saturated rings. The van der Waals surface area contributed by atoms with Crippen LogP contribution in [0, 0.1) is 5.82 Å². The van der Waals surface area contributed by atoms with E-state index in [9.17, 15) is 14.0 Å². The highest BCUT2D eigenvalue weighted by molar-refractivity contribution is 6.31. The monoisotopic (exact) mass is 430 g/mol. The van der Waals surface area contributed by atoms with Gasteiger partial charge in [-0.15, -0.1) is 0 Å². The molecule has 6 heteroatoms. The molecule has 0 spiro atoms. The van der Waals surface area contributed by atoms with E-state index in [2.05, 4.69) is 5.32 Å². The largest absolute Gasteiger partial charge is 0.352 e. The minimum atomic E-state index is -0.692. The molecule has 1 aliphatic carbocycles. The first-order valence-corrected chi connectivity index (χ1v) is 10.9. The molecule has 0 aromatic heterocycles. The normalized spacial score (nSPS) is 15.4. The second kappa shape index (κ2) is 10.6. The van der Waals surface area contributed by atoms with Gasteiger partial charge in [0.1, 0.15) is 11.9 Å². The third-order valence-corrected chi connectivity index (χ3v) is 6.09. The van der Waals surface area contributed by atoms with Crippen LogP contribution >= 0.6 is 11.6 Å². The van der Waals surface area contributed by atoms with Crippen molar-refractivity contribution in [3.8, 4) is 0 Å². The van der Waals surface area contributed by atoms with E-state index in [1.54, 1.807) is 31.2 Å². The number of rotatable bonds is 7. The Labute approximate surface area is 182 Å². The molecule has 3 rings (SSSR count). The van der Waals surface area contributed by atoms with Crippen LogP contribution < -0.4 is 5.32 Å². The molecule has 0 radical (unpaired) electrons. The van der Waals surface area contributed by atoms with Gasteiger partial charge in [-0.05, 0) is 43.0 Å². The molecule has 1 saturated carbocycles. The number of carbonyl (C=O) groups is 2. The second-order valence-corrected chi connectivity index (χ2v) is 8.31. The molecule has 0 aliphatic heterocycles. The van der Waals surface area contributed by atoms with E-state index in [4.69, 9.17) is 11.6 Å². The van der Waals surface area contributed by atoms with Crippen LogP contribution in [-0.2, 0) is 22.6 Å². The fraction of sp³-hybridized carbons (Fsp3) is 0.417. The van der Waals surface area contributed by atoms with Crippen LogP contribution in [0.15, 0.2) is 48.5 Å². The summed E-state index contributed by atoms with van der Waals surface area (Å²) in [6, 6.07) is 12.9. The van der Waals surface area contributed by atoms with Crippen molar-refractivity contribution < 1.29 is 14.0 Å². The summed E-state index contributed by atoms with van der Waals surface area (Å²) >= 11 is 6.30. The fourth-order valence-electron chi connectivity index (χ4n) is 3.87. The lowest BCUT2D eigenvalue weighted by molar-refractivity contribution is -0.140. The summed E-state index contributed by atoms with van der Waals surface area (Å²) in [5.41, 5.74) is 1.06. The third kappa shape index (κ3) is 5.82. The first-order valence-electron chi connectivity index (χ1n) is 10.5. The van der Waals surface area contributed by atoms with Gasteiger partial charge in [-0.25, -0.2) is 4.39 Å². The highest BCUT2D eigenvalue weighted by atomic mass is 35.5. The molecule has 160 valence electrons.